The summed E-state index contributed by atoms with van der Waals surface area (Å²) in [5.74, 6) is 2.97. The monoisotopic (exact) mass is 270 g/mol. The number of anilines is 3. The third-order valence-corrected chi connectivity index (χ3v) is 2.39. The molecule has 2 aromatic rings. The van der Waals surface area contributed by atoms with E-state index in [9.17, 15) is 8.78 Å². The Morgan fingerprint density at radius 2 is 1.83 bits per heavy atom. The van der Waals surface area contributed by atoms with Gasteiger partial charge in [-0.1, -0.05) is 17.7 Å². The highest BCUT2D eigenvalue weighted by Gasteiger charge is 2.11. The zero-order chi connectivity index (χ0) is 13.1. The third-order valence-electron chi connectivity index (χ3n) is 2.15. The second-order valence-electron chi connectivity index (χ2n) is 3.43. The van der Waals surface area contributed by atoms with Crippen LogP contribution < -0.4 is 16.6 Å². The fourth-order valence-corrected chi connectivity index (χ4v) is 1.55. The Balaban J connectivity index is 2.34. The van der Waals surface area contributed by atoms with E-state index in [1.807, 2.05) is 5.43 Å². The minimum atomic E-state index is -0.869. The molecule has 1 aromatic heterocycles. The van der Waals surface area contributed by atoms with E-state index >= 15 is 0 Å². The number of nitrogens with two attached hydrogens (primary N) is 1. The summed E-state index contributed by atoms with van der Waals surface area (Å²) >= 11 is 5.79. The van der Waals surface area contributed by atoms with Gasteiger partial charge in [0, 0.05) is 16.8 Å². The van der Waals surface area contributed by atoms with Gasteiger partial charge < -0.3 is 10.7 Å². The smallest absolute Gasteiger partial charge is 0.178 e. The number of aromatic nitrogens is 1. The van der Waals surface area contributed by atoms with Crippen LogP contribution in [0.5, 0.6) is 0 Å². The first-order valence-corrected chi connectivity index (χ1v) is 5.33. The van der Waals surface area contributed by atoms with Gasteiger partial charge in [-0.25, -0.2) is 19.6 Å². The van der Waals surface area contributed by atoms with Gasteiger partial charge in [-0.2, -0.15) is 0 Å². The van der Waals surface area contributed by atoms with Crippen LogP contribution in [0, 0.1) is 11.6 Å². The van der Waals surface area contributed by atoms with E-state index in [1.165, 1.54) is 0 Å². The fraction of sp³-hybridized carbons (Fsp3) is 0. The number of hydrazine groups is 1. The molecule has 0 saturated carbocycles. The summed E-state index contributed by atoms with van der Waals surface area (Å²) in [6.45, 7) is 0. The maximum atomic E-state index is 13.5. The quantitative estimate of drug-likeness (QED) is 0.592. The van der Waals surface area contributed by atoms with E-state index in [-0.39, 0.29) is 11.6 Å². The Morgan fingerprint density at radius 1 is 1.11 bits per heavy atom. The van der Waals surface area contributed by atoms with Crippen LogP contribution in [0.4, 0.5) is 26.1 Å². The molecule has 0 fully saturated rings. The van der Waals surface area contributed by atoms with Crippen LogP contribution in [0.15, 0.2) is 30.3 Å². The van der Waals surface area contributed by atoms with Crippen LogP contribution >= 0.6 is 11.6 Å². The summed E-state index contributed by atoms with van der Waals surface area (Å²) in [5, 5.41) is 3.17. The predicted molar refractivity (Wildman–Crippen MR) is 66.7 cm³/mol. The van der Waals surface area contributed by atoms with Crippen molar-refractivity contribution < 1.29 is 8.78 Å². The lowest BCUT2D eigenvalue weighted by Gasteiger charge is -2.09. The second kappa shape index (κ2) is 5.16. The summed E-state index contributed by atoms with van der Waals surface area (Å²) in [6.07, 6.45) is 0. The van der Waals surface area contributed by atoms with Crippen molar-refractivity contribution in [1.82, 2.24) is 4.98 Å². The highest BCUT2D eigenvalue weighted by molar-refractivity contribution is 6.30. The average molecular weight is 271 g/mol. The molecule has 0 spiro atoms. The molecule has 2 rings (SSSR count). The summed E-state index contributed by atoms with van der Waals surface area (Å²) < 4.78 is 26.6. The number of nitrogens with zero attached hydrogens (tertiary/aromatic N) is 1. The Morgan fingerprint density at radius 3 is 2.50 bits per heavy atom. The molecule has 4 N–H and O–H groups in total. The largest absolute Gasteiger partial charge is 0.338 e. The lowest BCUT2D eigenvalue weighted by Crippen LogP contribution is -2.12. The maximum absolute atomic E-state index is 13.5. The first-order valence-electron chi connectivity index (χ1n) is 4.95. The van der Waals surface area contributed by atoms with Crippen LogP contribution in [-0.2, 0) is 0 Å². The molecule has 94 valence electrons. The van der Waals surface area contributed by atoms with Gasteiger partial charge in [0.25, 0.3) is 0 Å². The lowest BCUT2D eigenvalue weighted by atomic mass is 10.3. The molecule has 0 aliphatic heterocycles. The number of nitrogens with one attached hydrogen (secondary N) is 2. The molecule has 1 heterocycles. The average Bonchev–Trinajstić information content (AvgIpc) is 2.33. The molecule has 0 amide bonds. The van der Waals surface area contributed by atoms with Gasteiger partial charge in [-0.05, 0) is 18.2 Å². The molecule has 4 nitrogen and oxygen atoms in total. The minimum Gasteiger partial charge on any atom is -0.338 e. The molecule has 0 radical (unpaired) electrons. The Kier molecular flexibility index (Phi) is 3.59. The van der Waals surface area contributed by atoms with E-state index < -0.39 is 11.6 Å². The molecule has 1 aromatic carbocycles. The van der Waals surface area contributed by atoms with Crippen molar-refractivity contribution in [3.8, 4) is 0 Å². The highest BCUT2D eigenvalue weighted by atomic mass is 35.5. The molecule has 0 aliphatic carbocycles. The zero-order valence-corrected chi connectivity index (χ0v) is 9.80. The van der Waals surface area contributed by atoms with Gasteiger partial charge >= 0.3 is 0 Å². The van der Waals surface area contributed by atoms with Crippen molar-refractivity contribution in [2.75, 3.05) is 10.7 Å². The number of hydrogen-bond donors (Lipinski definition) is 3. The number of halogens is 3. The standard InChI is InChI=1S/C11H9ClF2N4/c12-6-2-1-3-7(4-6)16-10-8(13)5-9(14)11(17-10)18-15/h1-5H,15H2,(H2,16,17,18). The normalized spacial score (nSPS) is 10.2. The zero-order valence-electron chi connectivity index (χ0n) is 9.05. The van der Waals surface area contributed by atoms with Gasteiger partial charge in [0.2, 0.25) is 0 Å². The molecule has 0 atom stereocenters. The number of nitrogen functional groups attached to an aromatic ring is 1. The molecule has 0 unspecified atom stereocenters. The second-order valence-corrected chi connectivity index (χ2v) is 3.87. The minimum absolute atomic E-state index is 0.147. The molecule has 0 saturated heterocycles. The summed E-state index contributed by atoms with van der Waals surface area (Å²) in [5.41, 5.74) is 2.57. The van der Waals surface area contributed by atoms with Crippen LogP contribution in [0.25, 0.3) is 0 Å². The summed E-state index contributed by atoms with van der Waals surface area (Å²) in [6, 6.07) is 7.31. The number of rotatable bonds is 3. The van der Waals surface area contributed by atoms with Gasteiger partial charge in [0.15, 0.2) is 23.3 Å². The van der Waals surface area contributed by atoms with Crippen LogP contribution in [0.1, 0.15) is 0 Å². The third kappa shape index (κ3) is 2.66. The number of hydrogen-bond acceptors (Lipinski definition) is 4. The topological polar surface area (TPSA) is 63.0 Å². The van der Waals surface area contributed by atoms with Crippen molar-refractivity contribution >= 4 is 28.9 Å². The fourth-order valence-electron chi connectivity index (χ4n) is 1.36. The predicted octanol–water partition coefficient (Wildman–Crippen LogP) is 3.04. The Hall–Kier alpha value is -1.92. The van der Waals surface area contributed by atoms with Gasteiger partial charge in [0.05, 0.1) is 0 Å². The molecule has 7 heteroatoms. The first kappa shape index (κ1) is 12.5. The molecular formula is C11H9ClF2N4. The molecule has 0 aliphatic rings. The lowest BCUT2D eigenvalue weighted by molar-refractivity contribution is 0.579. The van der Waals surface area contributed by atoms with E-state index in [1.54, 1.807) is 24.3 Å². The van der Waals surface area contributed by atoms with E-state index in [0.29, 0.717) is 16.8 Å². The molecule has 0 bridgehead atoms. The van der Waals surface area contributed by atoms with Crippen molar-refractivity contribution in [3.05, 3.63) is 47.0 Å². The summed E-state index contributed by atoms with van der Waals surface area (Å²) in [4.78, 5) is 3.67. The van der Waals surface area contributed by atoms with Crippen molar-refractivity contribution in [2.24, 2.45) is 5.84 Å². The Bertz CT molecular complexity index is 577. The van der Waals surface area contributed by atoms with E-state index in [4.69, 9.17) is 17.4 Å². The first-order chi connectivity index (χ1) is 8.60. The van der Waals surface area contributed by atoms with E-state index in [0.717, 1.165) is 0 Å². The SMILES string of the molecule is NNc1nc(Nc2cccc(Cl)c2)c(F)cc1F. The van der Waals surface area contributed by atoms with Crippen molar-refractivity contribution in [3.63, 3.8) is 0 Å². The van der Waals surface area contributed by atoms with Crippen molar-refractivity contribution in [1.29, 1.82) is 0 Å². The summed E-state index contributed by atoms with van der Waals surface area (Å²) in [7, 11) is 0. The van der Waals surface area contributed by atoms with Gasteiger partial charge in [-0.3, -0.25) is 0 Å². The molecular weight excluding hydrogens is 262 g/mol. The van der Waals surface area contributed by atoms with E-state index in [2.05, 4.69) is 10.3 Å². The Labute approximate surface area is 107 Å². The van der Waals surface area contributed by atoms with Crippen LogP contribution in [-0.4, -0.2) is 4.98 Å². The van der Waals surface area contributed by atoms with Crippen LogP contribution in [0.2, 0.25) is 5.02 Å². The number of benzene rings is 1. The maximum Gasteiger partial charge on any atom is 0.178 e. The molecule has 18 heavy (non-hydrogen) atoms. The van der Waals surface area contributed by atoms with Crippen molar-refractivity contribution in [2.45, 2.75) is 0 Å². The van der Waals surface area contributed by atoms with Crippen LogP contribution in [0.3, 0.4) is 0 Å². The van der Waals surface area contributed by atoms with Gasteiger partial charge in [-0.15, -0.1) is 0 Å². The van der Waals surface area contributed by atoms with Gasteiger partial charge in [0.1, 0.15) is 0 Å². The highest BCUT2D eigenvalue weighted by Crippen LogP contribution is 2.23. The number of pyridine rings is 1.